The van der Waals surface area contributed by atoms with E-state index in [0.717, 1.165) is 42.4 Å². The molecule has 0 spiro atoms. The van der Waals surface area contributed by atoms with Crippen LogP contribution >= 0.6 is 0 Å². The molecule has 0 unspecified atom stereocenters. The van der Waals surface area contributed by atoms with E-state index in [1.54, 1.807) is 14.0 Å². The molecule has 0 aromatic heterocycles. The second-order valence-corrected chi connectivity index (χ2v) is 6.09. The molecule has 0 saturated carbocycles. The van der Waals surface area contributed by atoms with E-state index in [1.165, 1.54) is 25.7 Å². The Labute approximate surface area is 128 Å². The Balaban J connectivity index is 2.02. The van der Waals surface area contributed by atoms with Gasteiger partial charge in [-0.05, 0) is 57.0 Å². The number of rotatable bonds is 6. The molecule has 1 aromatic rings. The topological polar surface area (TPSA) is 29.5 Å². The first-order chi connectivity index (χ1) is 10.1. The highest BCUT2D eigenvalue weighted by Gasteiger charge is 2.19. The number of benzene rings is 1. The standard InChI is InChI=1S/C18H27NO2/c1-4-5-15-8-10-19(11-9-15)13-17-12-16(14(2)20)6-7-18(17)21-3/h6-7,12,15H,4-5,8-11,13H2,1-3H3. The van der Waals surface area contributed by atoms with Crippen molar-refractivity contribution >= 4 is 5.78 Å². The second kappa shape index (κ2) is 7.60. The highest BCUT2D eigenvalue weighted by atomic mass is 16.5. The molecule has 3 heteroatoms. The van der Waals surface area contributed by atoms with E-state index in [1.807, 2.05) is 18.2 Å². The maximum Gasteiger partial charge on any atom is 0.159 e. The predicted octanol–water partition coefficient (Wildman–Crippen LogP) is 3.91. The molecular weight excluding hydrogens is 262 g/mol. The normalized spacial score (nSPS) is 16.9. The lowest BCUT2D eigenvalue weighted by Crippen LogP contribution is -2.33. The zero-order chi connectivity index (χ0) is 15.2. The Morgan fingerprint density at radius 1 is 1.33 bits per heavy atom. The fraction of sp³-hybridized carbons (Fsp3) is 0.611. The number of methoxy groups -OCH3 is 1. The number of nitrogens with zero attached hydrogens (tertiary/aromatic N) is 1. The lowest BCUT2D eigenvalue weighted by atomic mass is 9.92. The highest BCUT2D eigenvalue weighted by Crippen LogP contribution is 2.26. The van der Waals surface area contributed by atoms with Gasteiger partial charge in [-0.25, -0.2) is 0 Å². The van der Waals surface area contributed by atoms with Crippen molar-refractivity contribution < 1.29 is 9.53 Å². The molecule has 21 heavy (non-hydrogen) atoms. The summed E-state index contributed by atoms with van der Waals surface area (Å²) in [7, 11) is 1.69. The molecule has 0 amide bonds. The van der Waals surface area contributed by atoms with Crippen molar-refractivity contribution in [2.75, 3.05) is 20.2 Å². The van der Waals surface area contributed by atoms with Crippen molar-refractivity contribution in [1.29, 1.82) is 0 Å². The monoisotopic (exact) mass is 289 g/mol. The number of carbonyl (C=O) groups is 1. The largest absolute Gasteiger partial charge is 0.496 e. The zero-order valence-corrected chi connectivity index (χ0v) is 13.5. The van der Waals surface area contributed by atoms with Gasteiger partial charge in [-0.1, -0.05) is 19.8 Å². The molecular formula is C18H27NO2. The minimum Gasteiger partial charge on any atom is -0.496 e. The Morgan fingerprint density at radius 3 is 2.62 bits per heavy atom. The first-order valence-corrected chi connectivity index (χ1v) is 8.04. The van der Waals surface area contributed by atoms with Gasteiger partial charge >= 0.3 is 0 Å². The number of ketones is 1. The van der Waals surface area contributed by atoms with Crippen molar-refractivity contribution in [3.05, 3.63) is 29.3 Å². The third-order valence-corrected chi connectivity index (χ3v) is 4.48. The summed E-state index contributed by atoms with van der Waals surface area (Å²) in [6.45, 7) is 7.06. The van der Waals surface area contributed by atoms with Gasteiger partial charge in [-0.3, -0.25) is 9.69 Å². The number of carbonyl (C=O) groups excluding carboxylic acids is 1. The van der Waals surface area contributed by atoms with Crippen LogP contribution in [0.4, 0.5) is 0 Å². The first kappa shape index (κ1) is 16.0. The lowest BCUT2D eigenvalue weighted by Gasteiger charge is -2.32. The summed E-state index contributed by atoms with van der Waals surface area (Å²) in [5.74, 6) is 1.90. The highest BCUT2D eigenvalue weighted by molar-refractivity contribution is 5.94. The van der Waals surface area contributed by atoms with Crippen molar-refractivity contribution in [2.24, 2.45) is 5.92 Å². The van der Waals surface area contributed by atoms with Gasteiger partial charge in [0, 0.05) is 17.7 Å². The van der Waals surface area contributed by atoms with Gasteiger partial charge in [-0.15, -0.1) is 0 Å². The summed E-state index contributed by atoms with van der Waals surface area (Å²) in [5, 5.41) is 0. The minimum absolute atomic E-state index is 0.112. The van der Waals surface area contributed by atoms with Gasteiger partial charge < -0.3 is 4.74 Å². The fourth-order valence-corrected chi connectivity index (χ4v) is 3.20. The van der Waals surface area contributed by atoms with Gasteiger partial charge in [0.2, 0.25) is 0 Å². The molecule has 1 aliphatic rings. The summed E-state index contributed by atoms with van der Waals surface area (Å²) in [6, 6.07) is 5.74. The van der Waals surface area contributed by atoms with Crippen LogP contribution in [0.5, 0.6) is 5.75 Å². The third kappa shape index (κ3) is 4.31. The van der Waals surface area contributed by atoms with E-state index >= 15 is 0 Å². The molecule has 1 heterocycles. The van der Waals surface area contributed by atoms with Crippen molar-refractivity contribution in [1.82, 2.24) is 4.90 Å². The number of hydrogen-bond acceptors (Lipinski definition) is 3. The summed E-state index contributed by atoms with van der Waals surface area (Å²) in [6.07, 6.45) is 5.24. The molecule has 1 aliphatic heterocycles. The van der Waals surface area contributed by atoms with E-state index in [9.17, 15) is 4.79 Å². The Hall–Kier alpha value is -1.35. The van der Waals surface area contributed by atoms with Gasteiger partial charge in [0.05, 0.1) is 7.11 Å². The van der Waals surface area contributed by atoms with Gasteiger partial charge in [0.15, 0.2) is 5.78 Å². The van der Waals surface area contributed by atoms with Crippen LogP contribution in [0.3, 0.4) is 0 Å². The molecule has 0 radical (unpaired) electrons. The van der Waals surface area contributed by atoms with Crippen molar-refractivity contribution in [3.63, 3.8) is 0 Å². The molecule has 1 fully saturated rings. The van der Waals surface area contributed by atoms with Crippen LogP contribution in [0.2, 0.25) is 0 Å². The van der Waals surface area contributed by atoms with Crippen LogP contribution in [0, 0.1) is 5.92 Å². The van der Waals surface area contributed by atoms with Crippen molar-refractivity contribution in [2.45, 2.75) is 46.1 Å². The molecule has 0 bridgehead atoms. The lowest BCUT2D eigenvalue weighted by molar-refractivity contribution is 0.101. The van der Waals surface area contributed by atoms with Crippen LogP contribution in [0.25, 0.3) is 0 Å². The van der Waals surface area contributed by atoms with E-state index in [-0.39, 0.29) is 5.78 Å². The zero-order valence-electron chi connectivity index (χ0n) is 13.5. The Kier molecular flexibility index (Phi) is 5.80. The number of Topliss-reactive ketones (excluding diaryl/α,β-unsaturated/α-hetero) is 1. The molecule has 1 aromatic carbocycles. The SMILES string of the molecule is CCCC1CCN(Cc2cc(C(C)=O)ccc2OC)CC1. The summed E-state index contributed by atoms with van der Waals surface area (Å²) in [4.78, 5) is 14.0. The van der Waals surface area contributed by atoms with E-state index in [4.69, 9.17) is 4.74 Å². The van der Waals surface area contributed by atoms with E-state index < -0.39 is 0 Å². The first-order valence-electron chi connectivity index (χ1n) is 8.04. The number of likely N-dealkylation sites (tertiary alicyclic amines) is 1. The van der Waals surface area contributed by atoms with Crippen LogP contribution in [-0.4, -0.2) is 30.9 Å². The van der Waals surface area contributed by atoms with Gasteiger partial charge in [-0.2, -0.15) is 0 Å². The molecule has 0 N–H and O–H groups in total. The maximum absolute atomic E-state index is 11.5. The molecule has 2 rings (SSSR count). The number of hydrogen-bond donors (Lipinski definition) is 0. The maximum atomic E-state index is 11.5. The summed E-state index contributed by atoms with van der Waals surface area (Å²) < 4.78 is 5.44. The minimum atomic E-state index is 0.112. The number of piperidine rings is 1. The van der Waals surface area contributed by atoms with E-state index in [0.29, 0.717) is 0 Å². The Bertz CT molecular complexity index is 476. The third-order valence-electron chi connectivity index (χ3n) is 4.48. The Morgan fingerprint density at radius 2 is 2.05 bits per heavy atom. The van der Waals surface area contributed by atoms with Crippen LogP contribution < -0.4 is 4.74 Å². The van der Waals surface area contributed by atoms with Crippen LogP contribution in [0.15, 0.2) is 18.2 Å². The average molecular weight is 289 g/mol. The second-order valence-electron chi connectivity index (χ2n) is 6.09. The molecule has 0 aliphatic carbocycles. The summed E-state index contributed by atoms with van der Waals surface area (Å²) >= 11 is 0. The van der Waals surface area contributed by atoms with Crippen LogP contribution in [-0.2, 0) is 6.54 Å². The average Bonchev–Trinajstić information content (AvgIpc) is 2.49. The van der Waals surface area contributed by atoms with Crippen molar-refractivity contribution in [3.8, 4) is 5.75 Å². The number of ether oxygens (including phenoxy) is 1. The summed E-state index contributed by atoms with van der Waals surface area (Å²) in [5.41, 5.74) is 1.89. The van der Waals surface area contributed by atoms with Crippen LogP contribution in [0.1, 0.15) is 55.5 Å². The quantitative estimate of drug-likeness (QED) is 0.744. The van der Waals surface area contributed by atoms with Gasteiger partial charge in [0.1, 0.15) is 5.75 Å². The van der Waals surface area contributed by atoms with E-state index in [2.05, 4.69) is 11.8 Å². The smallest absolute Gasteiger partial charge is 0.159 e. The molecule has 3 nitrogen and oxygen atoms in total. The van der Waals surface area contributed by atoms with Gasteiger partial charge in [0.25, 0.3) is 0 Å². The molecule has 0 atom stereocenters. The molecule has 116 valence electrons. The fourth-order valence-electron chi connectivity index (χ4n) is 3.20. The molecule has 1 saturated heterocycles. The predicted molar refractivity (Wildman–Crippen MR) is 85.9 cm³/mol.